The van der Waals surface area contributed by atoms with E-state index in [-0.39, 0.29) is 16.6 Å². The molecule has 2 aromatic rings. The third-order valence-corrected chi connectivity index (χ3v) is 4.10. The van der Waals surface area contributed by atoms with E-state index in [0.717, 1.165) is 18.2 Å². The maximum absolute atomic E-state index is 13.8. The molecule has 0 saturated carbocycles. The summed E-state index contributed by atoms with van der Waals surface area (Å²) in [7, 11) is 0. The zero-order valence-corrected chi connectivity index (χ0v) is 12.7. The number of hydrogen-bond acceptors (Lipinski definition) is 1. The van der Waals surface area contributed by atoms with Crippen molar-refractivity contribution in [3.63, 3.8) is 0 Å². The number of anilines is 1. The van der Waals surface area contributed by atoms with Gasteiger partial charge in [0.2, 0.25) is 0 Å². The van der Waals surface area contributed by atoms with E-state index < -0.39 is 29.5 Å². The Kier molecular flexibility index (Phi) is 3.82. The molecule has 0 bridgehead atoms. The van der Waals surface area contributed by atoms with Crippen LogP contribution in [0.1, 0.15) is 11.6 Å². The second-order valence-electron chi connectivity index (χ2n) is 4.88. The Morgan fingerprint density at radius 2 is 1.86 bits per heavy atom. The van der Waals surface area contributed by atoms with E-state index >= 15 is 0 Å². The highest BCUT2D eigenvalue weighted by Crippen LogP contribution is 2.29. The number of urea groups is 1. The van der Waals surface area contributed by atoms with Crippen molar-refractivity contribution in [3.05, 3.63) is 63.9 Å². The summed E-state index contributed by atoms with van der Waals surface area (Å²) in [6.07, 6.45) is 0. The Balaban J connectivity index is 1.89. The van der Waals surface area contributed by atoms with Gasteiger partial charge in [-0.05, 0) is 52.3 Å². The highest BCUT2D eigenvalue weighted by Gasteiger charge is 2.32. The first-order chi connectivity index (χ1) is 10.5. The number of hydrogen-bond donors (Lipinski definition) is 1. The molecule has 1 N–H and O–H groups in total. The first-order valence-corrected chi connectivity index (χ1v) is 7.23. The Labute approximate surface area is 132 Å². The highest BCUT2D eigenvalue weighted by atomic mass is 79.9. The second kappa shape index (κ2) is 5.64. The van der Waals surface area contributed by atoms with Crippen LogP contribution in [0.3, 0.4) is 0 Å². The fourth-order valence-corrected chi connectivity index (χ4v) is 2.62. The van der Waals surface area contributed by atoms with Gasteiger partial charge in [-0.2, -0.15) is 0 Å². The smallest absolute Gasteiger partial charge is 0.322 e. The van der Waals surface area contributed by atoms with Gasteiger partial charge in [-0.25, -0.2) is 18.0 Å². The van der Waals surface area contributed by atoms with Crippen molar-refractivity contribution in [2.24, 2.45) is 0 Å². The number of carbonyl (C=O) groups is 1. The number of halogens is 4. The fourth-order valence-electron chi connectivity index (χ4n) is 2.37. The molecule has 0 aliphatic carbocycles. The van der Waals surface area contributed by atoms with Gasteiger partial charge in [-0.3, -0.25) is 4.90 Å². The van der Waals surface area contributed by atoms with Crippen molar-refractivity contribution >= 4 is 27.6 Å². The maximum atomic E-state index is 13.8. The zero-order chi connectivity index (χ0) is 15.9. The van der Waals surface area contributed by atoms with Crippen molar-refractivity contribution in [2.75, 3.05) is 11.4 Å². The molecule has 1 heterocycles. The molecule has 1 saturated heterocycles. The van der Waals surface area contributed by atoms with Crippen LogP contribution in [-0.2, 0) is 0 Å². The summed E-state index contributed by atoms with van der Waals surface area (Å²) in [5.41, 5.74) is 0.408. The zero-order valence-electron chi connectivity index (χ0n) is 11.1. The van der Waals surface area contributed by atoms with Gasteiger partial charge in [0.1, 0.15) is 17.5 Å². The Bertz CT molecular complexity index is 754. The van der Waals surface area contributed by atoms with Gasteiger partial charge in [0.05, 0.1) is 17.1 Å². The number of nitrogens with one attached hydrogen (secondary N) is 1. The fraction of sp³-hybridized carbons (Fsp3) is 0.133. The molecule has 0 aromatic heterocycles. The summed E-state index contributed by atoms with van der Waals surface area (Å²) >= 11 is 3.03. The lowest BCUT2D eigenvalue weighted by atomic mass is 10.1. The van der Waals surface area contributed by atoms with Crippen LogP contribution in [0, 0.1) is 17.5 Å². The summed E-state index contributed by atoms with van der Waals surface area (Å²) < 4.78 is 40.9. The minimum Gasteiger partial charge on any atom is -0.329 e. The molecule has 7 heteroatoms. The van der Waals surface area contributed by atoms with E-state index in [1.54, 1.807) is 6.07 Å². The van der Waals surface area contributed by atoms with Crippen molar-refractivity contribution in [3.8, 4) is 0 Å². The Morgan fingerprint density at radius 3 is 2.59 bits per heavy atom. The maximum Gasteiger partial charge on any atom is 0.322 e. The molecular weight excluding hydrogens is 361 g/mol. The van der Waals surface area contributed by atoms with Crippen LogP contribution in [0.25, 0.3) is 0 Å². The Morgan fingerprint density at radius 1 is 1.09 bits per heavy atom. The van der Waals surface area contributed by atoms with Gasteiger partial charge in [0.15, 0.2) is 0 Å². The molecule has 2 aromatic carbocycles. The lowest BCUT2D eigenvalue weighted by molar-refractivity contribution is 0.251. The van der Waals surface area contributed by atoms with Crippen molar-refractivity contribution in [2.45, 2.75) is 6.04 Å². The largest absolute Gasteiger partial charge is 0.329 e. The van der Waals surface area contributed by atoms with Crippen LogP contribution in [0.15, 0.2) is 40.9 Å². The lowest BCUT2D eigenvalue weighted by Crippen LogP contribution is -2.27. The van der Waals surface area contributed by atoms with Crippen LogP contribution < -0.4 is 10.2 Å². The number of nitrogens with zero attached hydrogens (tertiary/aromatic N) is 1. The molecule has 1 unspecified atom stereocenters. The lowest BCUT2D eigenvalue weighted by Gasteiger charge is -2.15. The molecule has 114 valence electrons. The highest BCUT2D eigenvalue weighted by molar-refractivity contribution is 9.10. The third-order valence-electron chi connectivity index (χ3n) is 3.46. The third kappa shape index (κ3) is 2.68. The van der Waals surface area contributed by atoms with E-state index in [1.165, 1.54) is 17.0 Å². The molecular formula is C15H10BrF3N2O. The number of rotatable bonds is 2. The average Bonchev–Trinajstić information content (AvgIpc) is 2.86. The number of benzene rings is 2. The first-order valence-electron chi connectivity index (χ1n) is 6.44. The topological polar surface area (TPSA) is 32.3 Å². The summed E-state index contributed by atoms with van der Waals surface area (Å²) in [6.45, 7) is 0.0836. The predicted molar refractivity (Wildman–Crippen MR) is 79.1 cm³/mol. The summed E-state index contributed by atoms with van der Waals surface area (Å²) in [6, 6.07) is 6.13. The SMILES string of the molecule is O=C1NC(c2cc(F)ccc2F)CN1c1ccc(Br)c(F)c1. The minimum absolute atomic E-state index is 0.0634. The van der Waals surface area contributed by atoms with Crippen molar-refractivity contribution in [1.82, 2.24) is 5.32 Å². The second-order valence-corrected chi connectivity index (χ2v) is 5.73. The van der Waals surface area contributed by atoms with Crippen LogP contribution in [0.2, 0.25) is 0 Å². The van der Waals surface area contributed by atoms with Gasteiger partial charge in [0.25, 0.3) is 0 Å². The van der Waals surface area contributed by atoms with Crippen LogP contribution in [-0.4, -0.2) is 12.6 Å². The molecule has 0 spiro atoms. The number of carbonyl (C=O) groups excluding carboxylic acids is 1. The summed E-state index contributed by atoms with van der Waals surface area (Å²) in [4.78, 5) is 13.3. The monoisotopic (exact) mass is 370 g/mol. The average molecular weight is 371 g/mol. The van der Waals surface area contributed by atoms with Crippen molar-refractivity contribution < 1.29 is 18.0 Å². The molecule has 1 aliphatic rings. The molecule has 1 fully saturated rings. The van der Waals surface area contributed by atoms with Gasteiger partial charge < -0.3 is 5.32 Å². The van der Waals surface area contributed by atoms with Crippen LogP contribution in [0.5, 0.6) is 0 Å². The molecule has 3 nitrogen and oxygen atoms in total. The van der Waals surface area contributed by atoms with E-state index in [1.807, 2.05) is 0 Å². The quantitative estimate of drug-likeness (QED) is 0.846. The molecule has 3 rings (SSSR count). The van der Waals surface area contributed by atoms with Gasteiger partial charge in [0, 0.05) is 11.3 Å². The Hall–Kier alpha value is -2.02. The van der Waals surface area contributed by atoms with Gasteiger partial charge >= 0.3 is 6.03 Å². The molecule has 0 radical (unpaired) electrons. The van der Waals surface area contributed by atoms with Crippen LogP contribution >= 0.6 is 15.9 Å². The van der Waals surface area contributed by atoms with E-state index in [4.69, 9.17) is 0 Å². The minimum atomic E-state index is -0.699. The van der Waals surface area contributed by atoms with Crippen LogP contribution in [0.4, 0.5) is 23.7 Å². The molecule has 22 heavy (non-hydrogen) atoms. The normalized spacial score (nSPS) is 17.7. The first kappa shape index (κ1) is 14.9. The summed E-state index contributed by atoms with van der Waals surface area (Å²) in [5, 5.41) is 2.57. The van der Waals surface area contributed by atoms with Gasteiger partial charge in [-0.15, -0.1) is 0 Å². The molecule has 1 atom stereocenters. The predicted octanol–water partition coefficient (Wildman–Crippen LogP) is 4.14. The molecule has 1 aliphatic heterocycles. The number of amides is 2. The van der Waals surface area contributed by atoms with Gasteiger partial charge in [-0.1, -0.05) is 0 Å². The van der Waals surface area contributed by atoms with E-state index in [9.17, 15) is 18.0 Å². The molecule has 2 amide bonds. The van der Waals surface area contributed by atoms with Crippen molar-refractivity contribution in [1.29, 1.82) is 0 Å². The van der Waals surface area contributed by atoms with E-state index in [0.29, 0.717) is 5.69 Å². The van der Waals surface area contributed by atoms with E-state index in [2.05, 4.69) is 21.2 Å². The standard InChI is InChI=1S/C15H10BrF3N2O/c16-11-3-2-9(6-13(11)19)21-7-14(20-15(21)22)10-5-8(17)1-4-12(10)18/h1-6,14H,7H2,(H,20,22). The summed E-state index contributed by atoms with van der Waals surface area (Å²) in [5.74, 6) is -1.69.